The highest BCUT2D eigenvalue weighted by Gasteiger charge is 2.18. The molecule has 0 unspecified atom stereocenters. The van der Waals surface area contributed by atoms with Gasteiger partial charge in [-0.15, -0.1) is 0 Å². The molecule has 8 heteroatoms. The molecule has 1 aromatic carbocycles. The Balaban J connectivity index is 2.22. The molecular weight excluding hydrogens is 324 g/mol. The van der Waals surface area contributed by atoms with Crippen LogP contribution in [0.1, 0.15) is 11.3 Å². The van der Waals surface area contributed by atoms with Crippen molar-refractivity contribution in [1.29, 1.82) is 0 Å². The summed E-state index contributed by atoms with van der Waals surface area (Å²) in [5.74, 6) is -3.18. The summed E-state index contributed by atoms with van der Waals surface area (Å²) in [5.41, 5.74) is -0.0859. The van der Waals surface area contributed by atoms with Crippen molar-refractivity contribution in [2.24, 2.45) is 0 Å². The number of aromatic nitrogens is 1. The third kappa shape index (κ3) is 4.37. The largest absolute Gasteiger partial charge is 0.506 e. The molecule has 0 spiro atoms. The third-order valence-corrected chi connectivity index (χ3v) is 4.27. The van der Waals surface area contributed by atoms with Crippen LogP contribution in [0.15, 0.2) is 30.5 Å². The van der Waals surface area contributed by atoms with E-state index >= 15 is 0 Å². The predicted octanol–water partition coefficient (Wildman–Crippen LogP) is 2.83. The lowest BCUT2D eigenvalue weighted by Crippen LogP contribution is -2.09. The molecule has 0 fully saturated rings. The van der Waals surface area contributed by atoms with Crippen LogP contribution < -0.4 is 0 Å². The number of hydrogen-bond acceptors (Lipinski definition) is 4. The Bertz CT molecular complexity index is 761. The number of sulfone groups is 1. The fourth-order valence-electron chi connectivity index (χ4n) is 1.78. The van der Waals surface area contributed by atoms with Crippen molar-refractivity contribution in [2.75, 3.05) is 0 Å². The van der Waals surface area contributed by atoms with Gasteiger partial charge in [0, 0.05) is 18.3 Å². The Morgan fingerprint density at radius 3 is 2.29 bits per heavy atom. The fraction of sp³-hybridized carbons (Fsp3) is 0.154. The number of pyridine rings is 1. The van der Waals surface area contributed by atoms with Crippen LogP contribution in [0.5, 0.6) is 5.75 Å². The minimum atomic E-state index is -3.76. The van der Waals surface area contributed by atoms with E-state index in [1.54, 1.807) is 0 Å². The molecule has 0 aliphatic heterocycles. The molecule has 0 bridgehead atoms. The van der Waals surface area contributed by atoms with Gasteiger partial charge in [0.25, 0.3) is 0 Å². The van der Waals surface area contributed by atoms with E-state index in [-0.39, 0.29) is 22.0 Å². The second-order valence-electron chi connectivity index (χ2n) is 4.43. The average molecular weight is 334 g/mol. The second-order valence-corrected chi connectivity index (χ2v) is 6.93. The van der Waals surface area contributed by atoms with E-state index in [0.29, 0.717) is 6.07 Å². The summed E-state index contributed by atoms with van der Waals surface area (Å²) in [6.07, 6.45) is 1.20. The first-order valence-electron chi connectivity index (χ1n) is 5.74. The highest BCUT2D eigenvalue weighted by molar-refractivity contribution is 7.89. The maximum Gasteiger partial charge on any atom is 0.160 e. The minimum absolute atomic E-state index is 0.0130. The molecule has 0 amide bonds. The quantitative estimate of drug-likeness (QED) is 0.934. The number of rotatable bonds is 4. The molecule has 4 nitrogen and oxygen atoms in total. The van der Waals surface area contributed by atoms with Gasteiger partial charge >= 0.3 is 0 Å². The van der Waals surface area contributed by atoms with Crippen molar-refractivity contribution in [3.8, 4) is 5.75 Å². The van der Waals surface area contributed by atoms with Crippen molar-refractivity contribution in [1.82, 2.24) is 4.98 Å². The lowest BCUT2D eigenvalue weighted by atomic mass is 10.2. The molecule has 112 valence electrons. The normalized spacial score (nSPS) is 11.6. The van der Waals surface area contributed by atoms with E-state index < -0.39 is 33.0 Å². The van der Waals surface area contributed by atoms with Crippen molar-refractivity contribution < 1.29 is 22.3 Å². The van der Waals surface area contributed by atoms with Gasteiger partial charge in [-0.25, -0.2) is 17.2 Å². The van der Waals surface area contributed by atoms with Gasteiger partial charge in [-0.05, 0) is 17.7 Å². The highest BCUT2D eigenvalue weighted by Crippen LogP contribution is 2.22. The Hall–Kier alpha value is -1.73. The number of hydrogen-bond donors (Lipinski definition) is 1. The second kappa shape index (κ2) is 5.95. The smallest absolute Gasteiger partial charge is 0.160 e. The van der Waals surface area contributed by atoms with Gasteiger partial charge in [-0.2, -0.15) is 0 Å². The molecule has 0 atom stereocenters. The predicted molar refractivity (Wildman–Crippen MR) is 73.6 cm³/mol. The summed E-state index contributed by atoms with van der Waals surface area (Å²) in [6, 6.07) is 3.70. The maximum absolute atomic E-state index is 13.0. The van der Waals surface area contributed by atoms with Crippen LogP contribution in [-0.2, 0) is 21.3 Å². The number of benzene rings is 1. The molecule has 1 aromatic heterocycles. The zero-order chi connectivity index (χ0) is 15.6. The molecule has 2 rings (SSSR count). The van der Waals surface area contributed by atoms with Crippen molar-refractivity contribution in [3.63, 3.8) is 0 Å². The van der Waals surface area contributed by atoms with Crippen LogP contribution in [0.2, 0.25) is 5.02 Å². The van der Waals surface area contributed by atoms with E-state index in [0.717, 1.165) is 12.1 Å². The molecule has 1 heterocycles. The first-order chi connectivity index (χ1) is 9.75. The Morgan fingerprint density at radius 1 is 1.10 bits per heavy atom. The minimum Gasteiger partial charge on any atom is -0.506 e. The van der Waals surface area contributed by atoms with Gasteiger partial charge in [0.15, 0.2) is 9.84 Å². The molecule has 0 radical (unpaired) electrons. The summed E-state index contributed by atoms with van der Waals surface area (Å²) in [4.78, 5) is 3.73. The van der Waals surface area contributed by atoms with Gasteiger partial charge in [0.1, 0.15) is 17.4 Å². The molecule has 0 saturated heterocycles. The summed E-state index contributed by atoms with van der Waals surface area (Å²) >= 11 is 5.60. The molecule has 1 N–H and O–H groups in total. The van der Waals surface area contributed by atoms with E-state index in [4.69, 9.17) is 11.6 Å². The topological polar surface area (TPSA) is 67.3 Å². The van der Waals surface area contributed by atoms with Gasteiger partial charge in [-0.1, -0.05) is 11.6 Å². The zero-order valence-electron chi connectivity index (χ0n) is 10.6. The monoisotopic (exact) mass is 333 g/mol. The van der Waals surface area contributed by atoms with Crippen LogP contribution in [0, 0.1) is 11.6 Å². The highest BCUT2D eigenvalue weighted by atomic mass is 35.5. The van der Waals surface area contributed by atoms with Crippen molar-refractivity contribution >= 4 is 21.4 Å². The summed E-state index contributed by atoms with van der Waals surface area (Å²) in [5, 5.41) is 9.75. The molecule has 0 saturated carbocycles. The zero-order valence-corrected chi connectivity index (χ0v) is 12.1. The van der Waals surface area contributed by atoms with Gasteiger partial charge in [0.05, 0.1) is 22.2 Å². The molecule has 0 aliphatic rings. The van der Waals surface area contributed by atoms with E-state index in [1.165, 1.54) is 12.3 Å². The summed E-state index contributed by atoms with van der Waals surface area (Å²) < 4.78 is 50.1. The van der Waals surface area contributed by atoms with E-state index in [2.05, 4.69) is 4.98 Å². The standard InChI is InChI=1S/C13H10ClF2NO3S/c14-9-3-13(18)12(17-5-9)7-21(19,20)6-8-1-10(15)4-11(16)2-8/h1-5,18H,6-7H2. The SMILES string of the molecule is O=S(=O)(Cc1cc(F)cc(F)c1)Cc1ncc(Cl)cc1O. The number of aromatic hydroxyl groups is 1. The van der Waals surface area contributed by atoms with Crippen LogP contribution in [0.4, 0.5) is 8.78 Å². The first kappa shape index (κ1) is 15.7. The van der Waals surface area contributed by atoms with Gasteiger partial charge in [0.2, 0.25) is 0 Å². The van der Waals surface area contributed by atoms with Crippen LogP contribution in [0.3, 0.4) is 0 Å². The van der Waals surface area contributed by atoms with Gasteiger partial charge < -0.3 is 5.11 Å². The lowest BCUT2D eigenvalue weighted by molar-refractivity contribution is 0.466. The molecule has 0 aliphatic carbocycles. The molecule has 21 heavy (non-hydrogen) atoms. The third-order valence-electron chi connectivity index (χ3n) is 2.58. The Labute approximate surface area is 124 Å². The van der Waals surface area contributed by atoms with Crippen molar-refractivity contribution in [3.05, 3.63) is 58.4 Å². The first-order valence-corrected chi connectivity index (χ1v) is 7.94. The Morgan fingerprint density at radius 2 is 1.71 bits per heavy atom. The number of nitrogens with zero attached hydrogens (tertiary/aromatic N) is 1. The molecular formula is C13H10ClF2NO3S. The molecule has 2 aromatic rings. The van der Waals surface area contributed by atoms with E-state index in [9.17, 15) is 22.3 Å². The lowest BCUT2D eigenvalue weighted by Gasteiger charge is -2.06. The van der Waals surface area contributed by atoms with E-state index in [1.807, 2.05) is 0 Å². The van der Waals surface area contributed by atoms with Gasteiger partial charge in [-0.3, -0.25) is 4.98 Å². The Kier molecular flexibility index (Phi) is 4.43. The van der Waals surface area contributed by atoms with Crippen LogP contribution in [0.25, 0.3) is 0 Å². The van der Waals surface area contributed by atoms with Crippen molar-refractivity contribution in [2.45, 2.75) is 11.5 Å². The summed E-state index contributed by atoms with van der Waals surface area (Å²) in [7, 11) is -3.76. The van der Waals surface area contributed by atoms with Crippen LogP contribution >= 0.6 is 11.6 Å². The average Bonchev–Trinajstić information content (AvgIpc) is 2.30. The fourth-order valence-corrected chi connectivity index (χ4v) is 3.34. The number of halogens is 3. The summed E-state index contributed by atoms with van der Waals surface area (Å²) in [6.45, 7) is 0. The maximum atomic E-state index is 13.0. The van der Waals surface area contributed by atoms with Crippen LogP contribution in [-0.4, -0.2) is 18.5 Å².